The molecule has 1 rings (SSSR count). The minimum absolute atomic E-state index is 0.290. The summed E-state index contributed by atoms with van der Waals surface area (Å²) in [5, 5.41) is 4.55. The number of halogens is 2. The molecule has 0 fully saturated rings. The molecule has 0 amide bonds. The average Bonchev–Trinajstić information content (AvgIpc) is 2.25. The van der Waals surface area contributed by atoms with Crippen molar-refractivity contribution in [3.63, 3.8) is 0 Å². The van der Waals surface area contributed by atoms with Crippen molar-refractivity contribution in [2.75, 3.05) is 27.2 Å². The SMILES string of the molecule is CNCCN(C)C(C)c1ccc(Cl)cc1Cl. The van der Waals surface area contributed by atoms with E-state index in [1.54, 1.807) is 6.07 Å². The van der Waals surface area contributed by atoms with E-state index in [0.717, 1.165) is 23.7 Å². The molecular weight excluding hydrogens is 243 g/mol. The molecule has 1 aromatic carbocycles. The Morgan fingerprint density at radius 2 is 2.06 bits per heavy atom. The minimum Gasteiger partial charge on any atom is -0.318 e. The predicted octanol–water partition coefficient (Wildman–Crippen LogP) is 3.21. The lowest BCUT2D eigenvalue weighted by Crippen LogP contribution is -2.29. The highest BCUT2D eigenvalue weighted by Gasteiger charge is 2.14. The Hall–Kier alpha value is -0.280. The third-order valence-corrected chi connectivity index (χ3v) is 3.35. The Balaban J connectivity index is 2.75. The first kappa shape index (κ1) is 13.8. The molecule has 0 aliphatic rings. The molecular formula is C12H18Cl2N2. The van der Waals surface area contributed by atoms with Gasteiger partial charge in [0.15, 0.2) is 0 Å². The molecule has 0 aromatic heterocycles. The second-order valence-electron chi connectivity index (χ2n) is 3.93. The van der Waals surface area contributed by atoms with E-state index in [0.29, 0.717) is 5.02 Å². The Bertz CT molecular complexity index is 342. The molecule has 0 aliphatic heterocycles. The number of likely N-dealkylation sites (N-methyl/N-ethyl adjacent to an activating group) is 2. The van der Waals surface area contributed by atoms with E-state index < -0.39 is 0 Å². The molecule has 0 aliphatic carbocycles. The number of benzene rings is 1. The summed E-state index contributed by atoms with van der Waals surface area (Å²) in [6.45, 7) is 4.09. The fraction of sp³-hybridized carbons (Fsp3) is 0.500. The van der Waals surface area contributed by atoms with Crippen molar-refractivity contribution >= 4 is 23.2 Å². The zero-order chi connectivity index (χ0) is 12.1. The van der Waals surface area contributed by atoms with Crippen molar-refractivity contribution in [3.8, 4) is 0 Å². The summed E-state index contributed by atoms with van der Waals surface area (Å²) in [6.07, 6.45) is 0. The van der Waals surface area contributed by atoms with Gasteiger partial charge in [0.25, 0.3) is 0 Å². The zero-order valence-corrected chi connectivity index (χ0v) is 11.4. The van der Waals surface area contributed by atoms with E-state index in [1.165, 1.54) is 0 Å². The maximum atomic E-state index is 6.18. The summed E-state index contributed by atoms with van der Waals surface area (Å²) in [5.74, 6) is 0. The number of hydrogen-bond donors (Lipinski definition) is 1. The van der Waals surface area contributed by atoms with Crippen LogP contribution in [-0.4, -0.2) is 32.1 Å². The molecule has 2 nitrogen and oxygen atoms in total. The van der Waals surface area contributed by atoms with E-state index in [-0.39, 0.29) is 6.04 Å². The number of nitrogens with one attached hydrogen (secondary N) is 1. The molecule has 0 saturated heterocycles. The summed E-state index contributed by atoms with van der Waals surface area (Å²) < 4.78 is 0. The summed E-state index contributed by atoms with van der Waals surface area (Å²) >= 11 is 12.1. The van der Waals surface area contributed by atoms with Crippen LogP contribution in [0.3, 0.4) is 0 Å². The van der Waals surface area contributed by atoms with Gasteiger partial charge in [0.2, 0.25) is 0 Å². The van der Waals surface area contributed by atoms with E-state index in [4.69, 9.17) is 23.2 Å². The van der Waals surface area contributed by atoms with Gasteiger partial charge >= 0.3 is 0 Å². The van der Waals surface area contributed by atoms with Gasteiger partial charge in [-0.1, -0.05) is 29.3 Å². The van der Waals surface area contributed by atoms with Gasteiger partial charge in [-0.25, -0.2) is 0 Å². The van der Waals surface area contributed by atoms with Gasteiger partial charge in [-0.3, -0.25) is 4.90 Å². The highest BCUT2D eigenvalue weighted by atomic mass is 35.5. The first-order valence-corrected chi connectivity index (χ1v) is 6.11. The third kappa shape index (κ3) is 3.63. The highest BCUT2D eigenvalue weighted by Crippen LogP contribution is 2.28. The summed E-state index contributed by atoms with van der Waals surface area (Å²) in [7, 11) is 4.04. The Morgan fingerprint density at radius 1 is 1.38 bits per heavy atom. The number of rotatable bonds is 5. The van der Waals surface area contributed by atoms with Crippen LogP contribution in [0.2, 0.25) is 10.0 Å². The summed E-state index contributed by atoms with van der Waals surface area (Å²) in [5.41, 5.74) is 1.12. The van der Waals surface area contributed by atoms with Crippen LogP contribution in [0, 0.1) is 0 Å². The zero-order valence-electron chi connectivity index (χ0n) is 9.93. The van der Waals surface area contributed by atoms with Crippen LogP contribution in [0.25, 0.3) is 0 Å². The van der Waals surface area contributed by atoms with Gasteiger partial charge in [0.1, 0.15) is 0 Å². The standard InChI is InChI=1S/C12H18Cl2N2/c1-9(16(3)7-6-15-2)11-5-4-10(13)8-12(11)14/h4-5,8-9,15H,6-7H2,1-3H3. The summed E-state index contributed by atoms with van der Waals surface area (Å²) in [6, 6.07) is 5.95. The molecule has 4 heteroatoms. The largest absolute Gasteiger partial charge is 0.318 e. The van der Waals surface area contributed by atoms with Gasteiger partial charge < -0.3 is 5.32 Å². The van der Waals surface area contributed by atoms with Gasteiger partial charge in [-0.15, -0.1) is 0 Å². The van der Waals surface area contributed by atoms with E-state index in [1.807, 2.05) is 19.2 Å². The Morgan fingerprint density at radius 3 is 2.62 bits per heavy atom. The van der Waals surface area contributed by atoms with Crippen LogP contribution in [-0.2, 0) is 0 Å². The van der Waals surface area contributed by atoms with Crippen molar-refractivity contribution in [1.82, 2.24) is 10.2 Å². The van der Waals surface area contributed by atoms with Crippen LogP contribution in [0.1, 0.15) is 18.5 Å². The fourth-order valence-corrected chi connectivity index (χ4v) is 2.13. The van der Waals surface area contributed by atoms with Crippen molar-refractivity contribution < 1.29 is 0 Å². The van der Waals surface area contributed by atoms with Crippen LogP contribution < -0.4 is 5.32 Å². The molecule has 0 bridgehead atoms. The first-order chi connectivity index (χ1) is 7.56. The Labute approximate surface area is 108 Å². The van der Waals surface area contributed by atoms with Crippen molar-refractivity contribution in [3.05, 3.63) is 33.8 Å². The third-order valence-electron chi connectivity index (χ3n) is 2.79. The van der Waals surface area contributed by atoms with Crippen LogP contribution in [0.4, 0.5) is 0 Å². The van der Waals surface area contributed by atoms with Crippen molar-refractivity contribution in [2.45, 2.75) is 13.0 Å². The maximum absolute atomic E-state index is 6.18. The van der Waals surface area contributed by atoms with Crippen molar-refractivity contribution in [2.24, 2.45) is 0 Å². The molecule has 90 valence electrons. The lowest BCUT2D eigenvalue weighted by atomic mass is 10.1. The van der Waals surface area contributed by atoms with Gasteiger partial charge in [0.05, 0.1) is 0 Å². The smallest absolute Gasteiger partial charge is 0.0468 e. The molecule has 0 spiro atoms. The monoisotopic (exact) mass is 260 g/mol. The number of hydrogen-bond acceptors (Lipinski definition) is 2. The second kappa shape index (κ2) is 6.45. The molecule has 1 atom stereocenters. The normalized spacial score (nSPS) is 13.1. The number of nitrogens with zero attached hydrogens (tertiary/aromatic N) is 1. The van der Waals surface area contributed by atoms with Gasteiger partial charge in [-0.2, -0.15) is 0 Å². The first-order valence-electron chi connectivity index (χ1n) is 5.36. The van der Waals surface area contributed by atoms with Gasteiger partial charge in [-0.05, 0) is 38.7 Å². The molecule has 0 saturated carbocycles. The van der Waals surface area contributed by atoms with Crippen molar-refractivity contribution in [1.29, 1.82) is 0 Å². The average molecular weight is 261 g/mol. The van der Waals surface area contributed by atoms with Gasteiger partial charge in [0, 0.05) is 29.2 Å². The summed E-state index contributed by atoms with van der Waals surface area (Å²) in [4.78, 5) is 2.26. The molecule has 1 N–H and O–H groups in total. The lowest BCUT2D eigenvalue weighted by molar-refractivity contribution is 0.263. The van der Waals surface area contributed by atoms with Crippen LogP contribution >= 0.6 is 23.2 Å². The molecule has 1 aromatic rings. The molecule has 16 heavy (non-hydrogen) atoms. The van der Waals surface area contributed by atoms with E-state index in [2.05, 4.69) is 24.2 Å². The predicted molar refractivity (Wildman–Crippen MR) is 71.4 cm³/mol. The molecule has 1 unspecified atom stereocenters. The van der Waals surface area contributed by atoms with E-state index in [9.17, 15) is 0 Å². The topological polar surface area (TPSA) is 15.3 Å². The molecule has 0 heterocycles. The highest BCUT2D eigenvalue weighted by molar-refractivity contribution is 6.35. The van der Waals surface area contributed by atoms with Crippen LogP contribution in [0.5, 0.6) is 0 Å². The fourth-order valence-electron chi connectivity index (χ4n) is 1.56. The molecule has 0 radical (unpaired) electrons. The Kier molecular flexibility index (Phi) is 5.56. The second-order valence-corrected chi connectivity index (χ2v) is 4.77. The minimum atomic E-state index is 0.290. The maximum Gasteiger partial charge on any atom is 0.0468 e. The quantitative estimate of drug-likeness (QED) is 0.875. The van der Waals surface area contributed by atoms with E-state index >= 15 is 0 Å². The lowest BCUT2D eigenvalue weighted by Gasteiger charge is -2.25. The van der Waals surface area contributed by atoms with Crippen LogP contribution in [0.15, 0.2) is 18.2 Å².